The van der Waals surface area contributed by atoms with Gasteiger partial charge in [0.15, 0.2) is 5.43 Å². The van der Waals surface area contributed by atoms with Crippen LogP contribution in [0.5, 0.6) is 0 Å². The molecule has 7 heteroatoms. The Morgan fingerprint density at radius 1 is 0.857 bits per heavy atom. The summed E-state index contributed by atoms with van der Waals surface area (Å²) >= 11 is 0. The summed E-state index contributed by atoms with van der Waals surface area (Å²) in [6.07, 6.45) is -7.09. The fourth-order valence-corrected chi connectivity index (χ4v) is 3.56. The summed E-state index contributed by atoms with van der Waals surface area (Å²) in [6, 6.07) is 15.6. The molecule has 2 heterocycles. The fourth-order valence-electron chi connectivity index (χ4n) is 3.56. The Hall–Kier alpha value is -2.55. The van der Waals surface area contributed by atoms with Gasteiger partial charge in [-0.15, -0.1) is 0 Å². The predicted molar refractivity (Wildman–Crippen MR) is 101 cm³/mol. The number of rotatable bonds is 3. The molecule has 0 bridgehead atoms. The number of hydrogen-bond donors (Lipinski definition) is 4. The second-order valence-electron chi connectivity index (χ2n) is 6.79. The van der Waals surface area contributed by atoms with E-state index < -0.39 is 42.6 Å². The second kappa shape index (κ2) is 7.46. The number of benzene rings is 2. The van der Waals surface area contributed by atoms with Gasteiger partial charge in [-0.2, -0.15) is 0 Å². The summed E-state index contributed by atoms with van der Waals surface area (Å²) < 4.78 is 11.6. The number of fused-ring (bicyclic) bond motifs is 1. The molecule has 0 amide bonds. The molecule has 2 aromatic carbocycles. The quantitative estimate of drug-likeness (QED) is 0.531. The van der Waals surface area contributed by atoms with E-state index in [1.807, 2.05) is 6.07 Å². The van der Waals surface area contributed by atoms with Gasteiger partial charge in [0.25, 0.3) is 0 Å². The zero-order valence-corrected chi connectivity index (χ0v) is 14.8. The Balaban J connectivity index is 1.97. The van der Waals surface area contributed by atoms with E-state index in [2.05, 4.69) is 0 Å². The third kappa shape index (κ3) is 3.03. The van der Waals surface area contributed by atoms with Crippen molar-refractivity contribution in [2.45, 2.75) is 30.5 Å². The van der Waals surface area contributed by atoms with E-state index in [0.717, 1.165) is 0 Å². The first-order chi connectivity index (χ1) is 13.5. The van der Waals surface area contributed by atoms with Crippen LogP contribution >= 0.6 is 0 Å². The van der Waals surface area contributed by atoms with Crippen molar-refractivity contribution >= 4 is 11.0 Å². The van der Waals surface area contributed by atoms with E-state index in [4.69, 9.17) is 9.15 Å². The number of hydrogen-bond acceptors (Lipinski definition) is 7. The maximum Gasteiger partial charge on any atom is 0.199 e. The molecule has 0 aliphatic carbocycles. The monoisotopic (exact) mass is 384 g/mol. The summed E-state index contributed by atoms with van der Waals surface area (Å²) in [5.41, 5.74) is 0.587. The highest BCUT2D eigenvalue weighted by atomic mass is 16.5. The number of aliphatic hydroxyl groups is 4. The lowest BCUT2D eigenvalue weighted by Gasteiger charge is -2.40. The molecule has 3 aromatic rings. The molecule has 1 unspecified atom stereocenters. The summed E-state index contributed by atoms with van der Waals surface area (Å²) in [7, 11) is 0. The van der Waals surface area contributed by atoms with E-state index in [1.54, 1.807) is 48.5 Å². The highest BCUT2D eigenvalue weighted by Gasteiger charge is 2.46. The third-order valence-corrected chi connectivity index (χ3v) is 5.05. The maximum atomic E-state index is 13.3. The molecule has 0 radical (unpaired) electrons. The standard InChI is InChI=1S/C21H20O7/c22-10-14-17(24)18(25)19(26)21(28-14)15-16(23)12-8-4-5-9-13(12)27-20(15)11-6-2-1-3-7-11/h1-9,14,17-19,21-22,24-26H,10H2/t14-,17-,18+,19-,21?/m1/s1. The van der Waals surface area contributed by atoms with Crippen LogP contribution < -0.4 is 5.43 Å². The van der Waals surface area contributed by atoms with Crippen molar-refractivity contribution in [2.75, 3.05) is 6.61 Å². The van der Waals surface area contributed by atoms with Gasteiger partial charge in [0.05, 0.1) is 17.6 Å². The van der Waals surface area contributed by atoms with Crippen molar-refractivity contribution in [3.05, 3.63) is 70.4 Å². The van der Waals surface area contributed by atoms with Gasteiger partial charge in [-0.05, 0) is 12.1 Å². The first-order valence-electron chi connectivity index (χ1n) is 8.94. The summed E-state index contributed by atoms with van der Waals surface area (Å²) in [5.74, 6) is 0.202. The SMILES string of the molecule is O=c1c(C2O[C@H](CO)[C@@H](O)[C@H](O)[C@H]2O)c(-c2ccccc2)oc2ccccc12. The molecule has 1 fully saturated rings. The van der Waals surface area contributed by atoms with Crippen LogP contribution in [0.2, 0.25) is 0 Å². The van der Waals surface area contributed by atoms with Crippen molar-refractivity contribution in [3.8, 4) is 11.3 Å². The lowest BCUT2D eigenvalue weighted by Crippen LogP contribution is -2.55. The fraction of sp³-hybridized carbons (Fsp3) is 0.286. The number of para-hydroxylation sites is 1. The van der Waals surface area contributed by atoms with Crippen LogP contribution in [0.15, 0.2) is 63.8 Å². The van der Waals surface area contributed by atoms with E-state index in [0.29, 0.717) is 16.5 Å². The van der Waals surface area contributed by atoms with Crippen molar-refractivity contribution < 1.29 is 29.6 Å². The molecule has 4 N–H and O–H groups in total. The average molecular weight is 384 g/mol. The van der Waals surface area contributed by atoms with Crippen LogP contribution in [0.25, 0.3) is 22.3 Å². The van der Waals surface area contributed by atoms with Gasteiger partial charge < -0.3 is 29.6 Å². The summed E-state index contributed by atoms with van der Waals surface area (Å²) in [5, 5.41) is 40.5. The van der Waals surface area contributed by atoms with Crippen molar-refractivity contribution in [1.29, 1.82) is 0 Å². The largest absolute Gasteiger partial charge is 0.455 e. The highest BCUT2D eigenvalue weighted by Crippen LogP contribution is 2.37. The van der Waals surface area contributed by atoms with Gasteiger partial charge in [0, 0.05) is 5.56 Å². The average Bonchev–Trinajstić information content (AvgIpc) is 2.73. The normalized spacial score (nSPS) is 27.8. The Bertz CT molecular complexity index is 1030. The van der Waals surface area contributed by atoms with E-state index in [-0.39, 0.29) is 11.3 Å². The molecule has 28 heavy (non-hydrogen) atoms. The Kier molecular flexibility index (Phi) is 5.01. The predicted octanol–water partition coefficient (Wildman–Crippen LogP) is 0.975. The molecule has 1 aliphatic rings. The van der Waals surface area contributed by atoms with Crippen LogP contribution in [0, 0.1) is 0 Å². The Labute approximate surface area is 160 Å². The zero-order chi connectivity index (χ0) is 19.8. The van der Waals surface area contributed by atoms with Crippen LogP contribution in [0.1, 0.15) is 11.7 Å². The minimum Gasteiger partial charge on any atom is -0.455 e. The summed E-state index contributed by atoms with van der Waals surface area (Å²) in [4.78, 5) is 13.3. The molecular weight excluding hydrogens is 364 g/mol. The van der Waals surface area contributed by atoms with Gasteiger partial charge >= 0.3 is 0 Å². The topological polar surface area (TPSA) is 120 Å². The lowest BCUT2D eigenvalue weighted by molar-refractivity contribution is -0.232. The molecule has 0 saturated carbocycles. The van der Waals surface area contributed by atoms with Crippen molar-refractivity contribution in [1.82, 2.24) is 0 Å². The van der Waals surface area contributed by atoms with Gasteiger partial charge in [0.2, 0.25) is 0 Å². The minimum absolute atomic E-state index is 0.0294. The zero-order valence-electron chi connectivity index (χ0n) is 14.8. The molecule has 1 saturated heterocycles. The first kappa shape index (κ1) is 18.8. The highest BCUT2D eigenvalue weighted by molar-refractivity contribution is 5.80. The van der Waals surface area contributed by atoms with Crippen LogP contribution in [0.4, 0.5) is 0 Å². The lowest BCUT2D eigenvalue weighted by atomic mass is 9.89. The number of aliphatic hydroxyl groups excluding tert-OH is 4. The minimum atomic E-state index is -1.59. The van der Waals surface area contributed by atoms with Crippen molar-refractivity contribution in [2.24, 2.45) is 0 Å². The van der Waals surface area contributed by atoms with Gasteiger partial charge in [-0.3, -0.25) is 4.79 Å². The van der Waals surface area contributed by atoms with E-state index in [9.17, 15) is 25.2 Å². The molecule has 0 spiro atoms. The van der Waals surface area contributed by atoms with Gasteiger partial charge in [-0.25, -0.2) is 0 Å². The Morgan fingerprint density at radius 2 is 1.54 bits per heavy atom. The van der Waals surface area contributed by atoms with E-state index >= 15 is 0 Å². The van der Waals surface area contributed by atoms with Crippen LogP contribution in [-0.4, -0.2) is 51.4 Å². The maximum absolute atomic E-state index is 13.3. The molecule has 146 valence electrons. The number of ether oxygens (including phenoxy) is 1. The van der Waals surface area contributed by atoms with E-state index in [1.165, 1.54) is 0 Å². The van der Waals surface area contributed by atoms with Crippen molar-refractivity contribution in [3.63, 3.8) is 0 Å². The Morgan fingerprint density at radius 3 is 2.25 bits per heavy atom. The van der Waals surface area contributed by atoms with Gasteiger partial charge in [0.1, 0.15) is 41.9 Å². The van der Waals surface area contributed by atoms with Crippen LogP contribution in [-0.2, 0) is 4.74 Å². The molecule has 5 atom stereocenters. The molecular formula is C21H20O7. The smallest absolute Gasteiger partial charge is 0.199 e. The summed E-state index contributed by atoms with van der Waals surface area (Å²) in [6.45, 7) is -0.582. The third-order valence-electron chi connectivity index (χ3n) is 5.05. The second-order valence-corrected chi connectivity index (χ2v) is 6.79. The van der Waals surface area contributed by atoms with Gasteiger partial charge in [-0.1, -0.05) is 42.5 Å². The molecule has 4 rings (SSSR count). The molecule has 7 nitrogen and oxygen atoms in total. The first-order valence-corrected chi connectivity index (χ1v) is 8.94. The molecule has 1 aliphatic heterocycles. The van der Waals surface area contributed by atoms with Crippen LogP contribution in [0.3, 0.4) is 0 Å². The molecule has 1 aromatic heterocycles.